The van der Waals surface area contributed by atoms with Crippen molar-refractivity contribution in [1.29, 1.82) is 0 Å². The maximum atomic E-state index is 12.9. The van der Waals surface area contributed by atoms with Gasteiger partial charge in [0.05, 0.1) is 0 Å². The third-order valence-corrected chi connectivity index (χ3v) is 5.97. The largest absolute Gasteiger partial charge is 0.454 e. The van der Waals surface area contributed by atoms with E-state index in [2.05, 4.69) is 16.6 Å². The molecule has 3 heterocycles. The zero-order valence-electron chi connectivity index (χ0n) is 15.0. The molecule has 2 aromatic heterocycles. The Hall–Kier alpha value is -2.58. The molecule has 0 amide bonds. The molecule has 27 heavy (non-hydrogen) atoms. The Balaban J connectivity index is 1.60. The van der Waals surface area contributed by atoms with Crippen molar-refractivity contribution in [3.8, 4) is 11.5 Å². The summed E-state index contributed by atoms with van der Waals surface area (Å²) in [5.74, 6) is 1.30. The summed E-state index contributed by atoms with van der Waals surface area (Å²) in [6.45, 7) is 3.20. The van der Waals surface area contributed by atoms with Crippen LogP contribution in [0.2, 0.25) is 0 Å². The number of rotatable bonds is 7. The van der Waals surface area contributed by atoms with Gasteiger partial charge in [-0.2, -0.15) is 0 Å². The summed E-state index contributed by atoms with van der Waals surface area (Å²) in [7, 11) is -3.69. The molecule has 1 N–H and O–H groups in total. The lowest BCUT2D eigenvalue weighted by Crippen LogP contribution is -2.23. The summed E-state index contributed by atoms with van der Waals surface area (Å²) in [6, 6.07) is 8.94. The van der Waals surface area contributed by atoms with Gasteiger partial charge in [0.25, 0.3) is 0 Å². The second-order valence-corrected chi connectivity index (χ2v) is 8.16. The van der Waals surface area contributed by atoms with E-state index >= 15 is 0 Å². The number of unbranched alkanes of at least 4 members (excludes halogenated alkanes) is 1. The Labute approximate surface area is 158 Å². The highest BCUT2D eigenvalue weighted by molar-refractivity contribution is 7.89. The fourth-order valence-electron chi connectivity index (χ4n) is 3.11. The van der Waals surface area contributed by atoms with Crippen molar-refractivity contribution >= 4 is 21.1 Å². The minimum Gasteiger partial charge on any atom is -0.454 e. The van der Waals surface area contributed by atoms with Gasteiger partial charge in [-0.15, -0.1) is 0 Å². The number of sulfonamides is 1. The van der Waals surface area contributed by atoms with Crippen LogP contribution in [0.3, 0.4) is 0 Å². The normalized spacial score (nSPS) is 13.4. The first kappa shape index (κ1) is 17.8. The molecule has 7 nitrogen and oxygen atoms in total. The van der Waals surface area contributed by atoms with Crippen LogP contribution in [0.1, 0.15) is 25.3 Å². The topological polar surface area (TPSA) is 82.5 Å². The molecule has 0 saturated carbocycles. The molecular weight excluding hydrogens is 366 g/mol. The molecule has 1 aliphatic heterocycles. The van der Waals surface area contributed by atoms with E-state index in [1.807, 2.05) is 10.6 Å². The third-order valence-electron chi connectivity index (χ3n) is 4.54. The molecule has 0 radical (unpaired) electrons. The first-order valence-corrected chi connectivity index (χ1v) is 10.4. The highest BCUT2D eigenvalue weighted by Crippen LogP contribution is 2.32. The van der Waals surface area contributed by atoms with Crippen molar-refractivity contribution in [3.63, 3.8) is 0 Å². The first-order valence-electron chi connectivity index (χ1n) is 8.90. The van der Waals surface area contributed by atoms with Gasteiger partial charge < -0.3 is 14.0 Å². The molecule has 8 heteroatoms. The van der Waals surface area contributed by atoms with Crippen molar-refractivity contribution in [2.75, 3.05) is 6.79 Å². The number of ether oxygens (including phenoxy) is 2. The summed E-state index contributed by atoms with van der Waals surface area (Å²) in [5.41, 5.74) is 1.49. The van der Waals surface area contributed by atoms with Crippen molar-refractivity contribution in [3.05, 3.63) is 48.3 Å². The number of nitrogens with one attached hydrogen (secondary N) is 1. The molecule has 0 atom stereocenters. The lowest BCUT2D eigenvalue weighted by molar-refractivity contribution is 0.174. The molecular formula is C19H21N3O4S. The van der Waals surface area contributed by atoms with Crippen LogP contribution in [0.25, 0.3) is 11.0 Å². The van der Waals surface area contributed by atoms with Gasteiger partial charge in [-0.05, 0) is 36.2 Å². The van der Waals surface area contributed by atoms with Crippen LogP contribution < -0.4 is 14.2 Å². The van der Waals surface area contributed by atoms with Gasteiger partial charge in [-0.25, -0.2) is 18.1 Å². The Morgan fingerprint density at radius 2 is 2.07 bits per heavy atom. The number of benzene rings is 1. The monoisotopic (exact) mass is 387 g/mol. The molecule has 0 fully saturated rings. The molecule has 0 saturated heterocycles. The fourth-order valence-corrected chi connectivity index (χ4v) is 4.34. The molecule has 1 aromatic carbocycles. The maximum absolute atomic E-state index is 12.9. The van der Waals surface area contributed by atoms with E-state index in [0.717, 1.165) is 24.9 Å². The SMILES string of the molecule is CCCCn1cc(S(=O)(=O)NCc2ccc3c(c2)OCO3)c2cccnc21. The van der Waals surface area contributed by atoms with Crippen LogP contribution in [0.15, 0.2) is 47.6 Å². The van der Waals surface area contributed by atoms with Gasteiger partial charge in [0, 0.05) is 30.9 Å². The van der Waals surface area contributed by atoms with Crippen LogP contribution in [0, 0.1) is 0 Å². The van der Waals surface area contributed by atoms with Gasteiger partial charge >= 0.3 is 0 Å². The summed E-state index contributed by atoms with van der Waals surface area (Å²) >= 11 is 0. The maximum Gasteiger partial charge on any atom is 0.243 e. The minimum atomic E-state index is -3.69. The van der Waals surface area contributed by atoms with E-state index in [4.69, 9.17) is 9.47 Å². The van der Waals surface area contributed by atoms with Crippen molar-refractivity contribution in [1.82, 2.24) is 14.3 Å². The van der Waals surface area contributed by atoms with Crippen LogP contribution in [0.5, 0.6) is 11.5 Å². The fraction of sp³-hybridized carbons (Fsp3) is 0.316. The Morgan fingerprint density at radius 3 is 2.93 bits per heavy atom. The lowest BCUT2D eigenvalue weighted by Gasteiger charge is -2.07. The number of hydrogen-bond donors (Lipinski definition) is 1. The Kier molecular flexibility index (Phi) is 4.75. The summed E-state index contributed by atoms with van der Waals surface area (Å²) in [6.07, 6.45) is 5.35. The van der Waals surface area contributed by atoms with E-state index in [-0.39, 0.29) is 18.2 Å². The standard InChI is InChI=1S/C19H21N3O4S/c1-2-3-9-22-12-18(15-5-4-8-20-19(15)22)27(23,24)21-11-14-6-7-16-17(10-14)26-13-25-16/h4-8,10,12,21H,2-3,9,11,13H2,1H3. The Morgan fingerprint density at radius 1 is 1.22 bits per heavy atom. The van der Waals surface area contributed by atoms with Gasteiger partial charge in [-0.3, -0.25) is 0 Å². The van der Waals surface area contributed by atoms with Crippen molar-refractivity contribution in [2.45, 2.75) is 37.8 Å². The summed E-state index contributed by atoms with van der Waals surface area (Å²) in [5, 5.41) is 0.631. The van der Waals surface area contributed by atoms with Crippen molar-refractivity contribution in [2.24, 2.45) is 0 Å². The molecule has 0 aliphatic carbocycles. The second-order valence-electron chi connectivity index (χ2n) is 6.43. The molecule has 3 aromatic rings. The van der Waals surface area contributed by atoms with Crippen LogP contribution in [-0.2, 0) is 23.1 Å². The molecule has 0 unspecified atom stereocenters. The second kappa shape index (κ2) is 7.21. The lowest BCUT2D eigenvalue weighted by atomic mass is 10.2. The number of aromatic nitrogens is 2. The molecule has 0 bridgehead atoms. The first-order chi connectivity index (χ1) is 13.1. The van der Waals surface area contributed by atoms with E-state index in [9.17, 15) is 8.42 Å². The summed E-state index contributed by atoms with van der Waals surface area (Å²) in [4.78, 5) is 4.62. The van der Waals surface area contributed by atoms with Crippen LogP contribution >= 0.6 is 0 Å². The van der Waals surface area contributed by atoms with E-state index in [0.29, 0.717) is 22.5 Å². The van der Waals surface area contributed by atoms with Crippen LogP contribution in [-0.4, -0.2) is 24.8 Å². The van der Waals surface area contributed by atoms with Crippen molar-refractivity contribution < 1.29 is 17.9 Å². The van der Waals surface area contributed by atoms with Gasteiger partial charge in [-0.1, -0.05) is 19.4 Å². The third kappa shape index (κ3) is 3.50. The zero-order chi connectivity index (χ0) is 18.9. The molecule has 0 spiro atoms. The van der Waals surface area contributed by atoms with Gasteiger partial charge in [0.2, 0.25) is 16.8 Å². The zero-order valence-corrected chi connectivity index (χ0v) is 15.8. The predicted molar refractivity (Wildman–Crippen MR) is 101 cm³/mol. The number of fused-ring (bicyclic) bond motifs is 2. The van der Waals surface area contributed by atoms with Gasteiger partial charge in [0.1, 0.15) is 10.5 Å². The van der Waals surface area contributed by atoms with Crippen LogP contribution in [0.4, 0.5) is 0 Å². The smallest absolute Gasteiger partial charge is 0.243 e. The number of pyridine rings is 1. The minimum absolute atomic E-state index is 0.168. The number of aryl methyl sites for hydroxylation is 1. The number of nitrogens with zero attached hydrogens (tertiary/aromatic N) is 2. The average Bonchev–Trinajstić information content (AvgIpc) is 3.29. The molecule has 4 rings (SSSR count). The van der Waals surface area contributed by atoms with E-state index in [1.54, 1.807) is 36.7 Å². The highest BCUT2D eigenvalue weighted by atomic mass is 32.2. The Bertz CT molecular complexity index is 1080. The quantitative estimate of drug-likeness (QED) is 0.674. The van der Waals surface area contributed by atoms with Gasteiger partial charge in [0.15, 0.2) is 11.5 Å². The predicted octanol–water partition coefficient (Wildman–Crippen LogP) is 3.04. The number of hydrogen-bond acceptors (Lipinski definition) is 5. The molecule has 142 valence electrons. The average molecular weight is 387 g/mol. The summed E-state index contributed by atoms with van der Waals surface area (Å²) < 4.78 is 41.1. The highest BCUT2D eigenvalue weighted by Gasteiger charge is 2.22. The van der Waals surface area contributed by atoms with E-state index < -0.39 is 10.0 Å². The molecule has 1 aliphatic rings. The van der Waals surface area contributed by atoms with E-state index in [1.165, 1.54) is 0 Å².